The van der Waals surface area contributed by atoms with Crippen molar-refractivity contribution in [3.8, 4) is 0 Å². The molecule has 0 fully saturated rings. The van der Waals surface area contributed by atoms with Crippen molar-refractivity contribution in [3.05, 3.63) is 11.8 Å². The molecule has 1 aliphatic heterocycles. The molecule has 32 valence electrons. The molecule has 0 amide bonds. The number of allylic oxidation sites excluding steroid dienone is 1. The number of aliphatic imine (C=N–C) groups is 1. The Hall–Kier alpha value is -0.790. The van der Waals surface area contributed by atoms with Crippen LogP contribution in [0.1, 0.15) is 0 Å². The average molecular weight is 82.1 g/mol. The van der Waals surface area contributed by atoms with E-state index in [-0.39, 0.29) is 0 Å². The molecule has 0 saturated heterocycles. The fraction of sp³-hybridized carbons (Fsp3) is 0.250. The molecule has 0 aliphatic carbocycles. The summed E-state index contributed by atoms with van der Waals surface area (Å²) in [6.07, 6.45) is 3.52. The fourth-order valence-corrected chi connectivity index (χ4v) is 0.359. The summed E-state index contributed by atoms with van der Waals surface area (Å²) in [5, 5.41) is 0. The lowest BCUT2D eigenvalue weighted by atomic mass is 10.5. The average Bonchev–Trinajstić information content (AvgIpc) is 1.86. The van der Waals surface area contributed by atoms with Crippen LogP contribution in [0.3, 0.4) is 0 Å². The maximum Gasteiger partial charge on any atom is 0.0784 e. The summed E-state index contributed by atoms with van der Waals surface area (Å²) in [5.41, 5.74) is 6.13. The van der Waals surface area contributed by atoms with Gasteiger partial charge in [0.05, 0.1) is 6.54 Å². The highest BCUT2D eigenvalue weighted by Gasteiger charge is 1.87. The Morgan fingerprint density at radius 1 is 1.83 bits per heavy atom. The molecule has 0 bridgehead atoms. The van der Waals surface area contributed by atoms with E-state index in [2.05, 4.69) is 4.99 Å². The molecule has 2 nitrogen and oxygen atoms in total. The van der Waals surface area contributed by atoms with Crippen LogP contribution in [-0.2, 0) is 0 Å². The van der Waals surface area contributed by atoms with E-state index in [1.54, 1.807) is 12.3 Å². The SMILES string of the molecule is NC1=CC=NC1. The maximum absolute atomic E-state index is 5.27. The molecule has 0 radical (unpaired) electrons. The van der Waals surface area contributed by atoms with E-state index in [4.69, 9.17) is 5.73 Å². The molecule has 0 unspecified atom stereocenters. The van der Waals surface area contributed by atoms with Gasteiger partial charge in [0.2, 0.25) is 0 Å². The lowest BCUT2D eigenvalue weighted by molar-refractivity contribution is 1.15. The minimum Gasteiger partial charge on any atom is -0.400 e. The van der Waals surface area contributed by atoms with Crippen molar-refractivity contribution < 1.29 is 0 Å². The second-order valence-corrected chi connectivity index (χ2v) is 1.23. The second-order valence-electron chi connectivity index (χ2n) is 1.23. The van der Waals surface area contributed by atoms with Crippen molar-refractivity contribution >= 4 is 6.21 Å². The number of nitrogens with two attached hydrogens (primary N) is 1. The predicted molar refractivity (Wildman–Crippen MR) is 25.6 cm³/mol. The minimum absolute atomic E-state index is 0.694. The highest BCUT2D eigenvalue weighted by atomic mass is 14.8. The zero-order chi connectivity index (χ0) is 4.41. The van der Waals surface area contributed by atoms with E-state index in [0.29, 0.717) is 6.54 Å². The van der Waals surface area contributed by atoms with Gasteiger partial charge in [-0.3, -0.25) is 4.99 Å². The van der Waals surface area contributed by atoms with E-state index in [1.165, 1.54) is 0 Å². The quantitative estimate of drug-likeness (QED) is 0.436. The lowest BCUT2D eigenvalue weighted by Crippen LogP contribution is -1.95. The second kappa shape index (κ2) is 1.12. The molecule has 1 rings (SSSR count). The molecule has 0 saturated carbocycles. The van der Waals surface area contributed by atoms with Gasteiger partial charge in [0.25, 0.3) is 0 Å². The normalized spacial score (nSPS) is 18.3. The molecule has 0 aromatic carbocycles. The van der Waals surface area contributed by atoms with Gasteiger partial charge in [-0.05, 0) is 6.08 Å². The van der Waals surface area contributed by atoms with Crippen molar-refractivity contribution in [1.29, 1.82) is 0 Å². The van der Waals surface area contributed by atoms with Gasteiger partial charge >= 0.3 is 0 Å². The van der Waals surface area contributed by atoms with Gasteiger partial charge in [-0.15, -0.1) is 0 Å². The van der Waals surface area contributed by atoms with E-state index >= 15 is 0 Å². The highest BCUT2D eigenvalue weighted by molar-refractivity contribution is 5.74. The summed E-state index contributed by atoms with van der Waals surface area (Å²) in [4.78, 5) is 3.82. The predicted octanol–water partition coefficient (Wildman–Crippen LogP) is -0.0866. The Kier molecular flexibility index (Phi) is 0.638. The third kappa shape index (κ3) is 0.407. The smallest absolute Gasteiger partial charge is 0.0784 e. The lowest BCUT2D eigenvalue weighted by Gasteiger charge is -1.79. The number of nitrogens with zero attached hydrogens (tertiary/aromatic N) is 1. The summed E-state index contributed by atoms with van der Waals surface area (Å²) < 4.78 is 0. The van der Waals surface area contributed by atoms with Crippen LogP contribution in [-0.4, -0.2) is 12.8 Å². The zero-order valence-electron chi connectivity index (χ0n) is 3.39. The number of rotatable bonds is 0. The van der Waals surface area contributed by atoms with Crippen molar-refractivity contribution in [3.63, 3.8) is 0 Å². The Labute approximate surface area is 36.4 Å². The van der Waals surface area contributed by atoms with Crippen LogP contribution in [0.25, 0.3) is 0 Å². The summed E-state index contributed by atoms with van der Waals surface area (Å²) in [5.74, 6) is 0. The Balaban J connectivity index is 2.61. The molecule has 0 aromatic rings. The molecule has 1 aliphatic rings. The molecule has 2 heteroatoms. The molecule has 0 spiro atoms. The van der Waals surface area contributed by atoms with Crippen LogP contribution in [0.5, 0.6) is 0 Å². The molecule has 2 N–H and O–H groups in total. The first-order valence-electron chi connectivity index (χ1n) is 1.84. The monoisotopic (exact) mass is 82.1 g/mol. The van der Waals surface area contributed by atoms with Gasteiger partial charge in [0, 0.05) is 11.9 Å². The fourth-order valence-electron chi connectivity index (χ4n) is 0.359. The molecule has 0 aromatic heterocycles. The standard InChI is InChI=1S/C4H6N2/c5-4-1-2-6-3-4/h1-2H,3,5H2. The molecule has 6 heavy (non-hydrogen) atoms. The van der Waals surface area contributed by atoms with Crippen molar-refractivity contribution in [1.82, 2.24) is 0 Å². The van der Waals surface area contributed by atoms with E-state index < -0.39 is 0 Å². The minimum atomic E-state index is 0.694. The van der Waals surface area contributed by atoms with Crippen LogP contribution in [0.2, 0.25) is 0 Å². The van der Waals surface area contributed by atoms with Crippen LogP contribution >= 0.6 is 0 Å². The van der Waals surface area contributed by atoms with Crippen LogP contribution in [0.15, 0.2) is 16.8 Å². The Morgan fingerprint density at radius 2 is 2.67 bits per heavy atom. The maximum atomic E-state index is 5.27. The van der Waals surface area contributed by atoms with Gasteiger partial charge in [-0.1, -0.05) is 0 Å². The van der Waals surface area contributed by atoms with Crippen molar-refractivity contribution in [2.45, 2.75) is 0 Å². The topological polar surface area (TPSA) is 38.4 Å². The summed E-state index contributed by atoms with van der Waals surface area (Å²) in [6, 6.07) is 0. The van der Waals surface area contributed by atoms with Crippen LogP contribution < -0.4 is 5.73 Å². The van der Waals surface area contributed by atoms with Crippen LogP contribution in [0.4, 0.5) is 0 Å². The first-order chi connectivity index (χ1) is 2.89. The van der Waals surface area contributed by atoms with E-state index in [0.717, 1.165) is 5.70 Å². The van der Waals surface area contributed by atoms with Gasteiger partial charge in [0.1, 0.15) is 0 Å². The van der Waals surface area contributed by atoms with E-state index in [9.17, 15) is 0 Å². The van der Waals surface area contributed by atoms with Gasteiger partial charge in [-0.2, -0.15) is 0 Å². The molecular weight excluding hydrogens is 76.1 g/mol. The third-order valence-corrected chi connectivity index (χ3v) is 0.668. The molecule has 0 atom stereocenters. The summed E-state index contributed by atoms with van der Waals surface area (Å²) >= 11 is 0. The van der Waals surface area contributed by atoms with Gasteiger partial charge in [0.15, 0.2) is 0 Å². The summed E-state index contributed by atoms with van der Waals surface area (Å²) in [7, 11) is 0. The highest BCUT2D eigenvalue weighted by Crippen LogP contribution is 1.88. The van der Waals surface area contributed by atoms with Gasteiger partial charge < -0.3 is 5.73 Å². The Morgan fingerprint density at radius 3 is 2.83 bits per heavy atom. The number of hydrogen-bond acceptors (Lipinski definition) is 2. The Bertz CT molecular complexity index is 102. The first kappa shape index (κ1) is 3.40. The largest absolute Gasteiger partial charge is 0.400 e. The summed E-state index contributed by atoms with van der Waals surface area (Å²) in [6.45, 7) is 0.694. The van der Waals surface area contributed by atoms with Gasteiger partial charge in [-0.25, -0.2) is 0 Å². The molecule has 1 heterocycles. The molecular formula is C4H6N2. The first-order valence-corrected chi connectivity index (χ1v) is 1.84. The van der Waals surface area contributed by atoms with Crippen molar-refractivity contribution in [2.24, 2.45) is 10.7 Å². The van der Waals surface area contributed by atoms with Crippen LogP contribution in [0, 0.1) is 0 Å². The number of hydrogen-bond donors (Lipinski definition) is 1. The van der Waals surface area contributed by atoms with E-state index in [1.807, 2.05) is 0 Å². The zero-order valence-corrected chi connectivity index (χ0v) is 3.39. The third-order valence-electron chi connectivity index (χ3n) is 0.668. The van der Waals surface area contributed by atoms with Crippen molar-refractivity contribution in [2.75, 3.05) is 6.54 Å².